The number of carbonyl (C=O) groups is 1. The predicted octanol–water partition coefficient (Wildman–Crippen LogP) is 2.85. The van der Waals surface area contributed by atoms with E-state index in [0.717, 1.165) is 37.3 Å². The van der Waals surface area contributed by atoms with Crippen LogP contribution in [0.5, 0.6) is 0 Å². The molecule has 1 heterocycles. The zero-order chi connectivity index (χ0) is 13.9. The van der Waals surface area contributed by atoms with Crippen LogP contribution in [0.4, 0.5) is 0 Å². The Morgan fingerprint density at radius 1 is 1.24 bits per heavy atom. The largest absolute Gasteiger partial charge is 0.334 e. The van der Waals surface area contributed by atoms with E-state index in [0.29, 0.717) is 5.91 Å². The molecule has 3 unspecified atom stereocenters. The number of carbonyl (C=O) groups excluding carboxylic acids is 1. The van der Waals surface area contributed by atoms with Crippen LogP contribution in [0.1, 0.15) is 30.9 Å². The maximum atomic E-state index is 12.8. The highest BCUT2D eigenvalue weighted by atomic mass is 35.5. The van der Waals surface area contributed by atoms with Crippen molar-refractivity contribution in [1.82, 2.24) is 4.90 Å². The van der Waals surface area contributed by atoms with Gasteiger partial charge in [-0.15, -0.1) is 12.4 Å². The Morgan fingerprint density at radius 2 is 2.00 bits per heavy atom. The fourth-order valence-corrected chi connectivity index (χ4v) is 4.38. The van der Waals surface area contributed by atoms with Gasteiger partial charge in [0.05, 0.1) is 6.04 Å². The summed E-state index contributed by atoms with van der Waals surface area (Å²) in [6, 6.07) is 10.9. The van der Waals surface area contributed by atoms with Crippen LogP contribution in [0.3, 0.4) is 0 Å². The Hall–Kier alpha value is -0.710. The Bertz CT molecular complexity index is 471. The Labute approximate surface area is 137 Å². The molecule has 0 spiro atoms. The topological polar surface area (TPSA) is 46.3 Å². The van der Waals surface area contributed by atoms with E-state index >= 15 is 0 Å². The maximum Gasteiger partial charge on any atom is 0.226 e. The lowest BCUT2D eigenvalue weighted by atomic mass is 10.0. The summed E-state index contributed by atoms with van der Waals surface area (Å²) < 4.78 is 0. The number of halogens is 1. The number of benzene rings is 1. The van der Waals surface area contributed by atoms with Crippen LogP contribution in [0, 0.1) is 5.92 Å². The first-order valence-corrected chi connectivity index (χ1v) is 8.60. The molecular formula is C16H23ClN2OS. The van der Waals surface area contributed by atoms with Gasteiger partial charge in [0.1, 0.15) is 0 Å². The van der Waals surface area contributed by atoms with E-state index in [1.54, 1.807) is 0 Å². The second-order valence-corrected chi connectivity index (χ2v) is 6.95. The van der Waals surface area contributed by atoms with Gasteiger partial charge in [-0.2, -0.15) is 11.8 Å². The third-order valence-electron chi connectivity index (χ3n) is 4.42. The molecule has 116 valence electrons. The van der Waals surface area contributed by atoms with E-state index in [1.165, 1.54) is 5.56 Å². The second-order valence-electron chi connectivity index (χ2n) is 5.80. The van der Waals surface area contributed by atoms with Gasteiger partial charge in [-0.3, -0.25) is 4.79 Å². The van der Waals surface area contributed by atoms with E-state index in [2.05, 4.69) is 29.2 Å². The zero-order valence-corrected chi connectivity index (χ0v) is 13.7. The van der Waals surface area contributed by atoms with Gasteiger partial charge in [0.2, 0.25) is 5.91 Å². The maximum absolute atomic E-state index is 12.8. The van der Waals surface area contributed by atoms with Crippen molar-refractivity contribution in [3.05, 3.63) is 35.9 Å². The second kappa shape index (κ2) is 7.52. The summed E-state index contributed by atoms with van der Waals surface area (Å²) in [6.07, 6.45) is 2.82. The van der Waals surface area contributed by atoms with Crippen molar-refractivity contribution in [3.8, 4) is 0 Å². The lowest BCUT2D eigenvalue weighted by molar-refractivity contribution is -0.137. The molecule has 0 aromatic heterocycles. The number of nitrogens with zero attached hydrogens (tertiary/aromatic N) is 1. The van der Waals surface area contributed by atoms with Gasteiger partial charge in [-0.1, -0.05) is 30.3 Å². The number of hydrogen-bond donors (Lipinski definition) is 1. The normalized spacial score (nSPS) is 29.0. The highest BCUT2D eigenvalue weighted by Crippen LogP contribution is 2.34. The van der Waals surface area contributed by atoms with Crippen LogP contribution >= 0.6 is 24.2 Å². The van der Waals surface area contributed by atoms with Gasteiger partial charge in [-0.25, -0.2) is 0 Å². The van der Waals surface area contributed by atoms with Crippen LogP contribution < -0.4 is 5.73 Å². The molecule has 1 aromatic rings. The van der Waals surface area contributed by atoms with Gasteiger partial charge in [0.25, 0.3) is 0 Å². The van der Waals surface area contributed by atoms with Crippen molar-refractivity contribution in [2.24, 2.45) is 11.7 Å². The molecule has 1 saturated carbocycles. The molecule has 1 amide bonds. The summed E-state index contributed by atoms with van der Waals surface area (Å²) in [7, 11) is 0. The van der Waals surface area contributed by atoms with E-state index in [4.69, 9.17) is 5.73 Å². The molecule has 1 aromatic carbocycles. The quantitative estimate of drug-likeness (QED) is 0.909. The summed E-state index contributed by atoms with van der Waals surface area (Å²) in [5, 5.41) is 0. The monoisotopic (exact) mass is 326 g/mol. The number of amides is 1. The molecular weight excluding hydrogens is 304 g/mol. The van der Waals surface area contributed by atoms with Gasteiger partial charge in [0.15, 0.2) is 0 Å². The minimum atomic E-state index is 0. The van der Waals surface area contributed by atoms with Crippen molar-refractivity contribution < 1.29 is 4.79 Å². The van der Waals surface area contributed by atoms with E-state index in [1.807, 2.05) is 17.8 Å². The molecule has 3 rings (SSSR count). The molecule has 0 radical (unpaired) electrons. The molecule has 1 aliphatic heterocycles. The summed E-state index contributed by atoms with van der Waals surface area (Å²) in [5.74, 6) is 2.54. The van der Waals surface area contributed by atoms with Gasteiger partial charge in [-0.05, 0) is 24.8 Å². The predicted molar refractivity (Wildman–Crippen MR) is 90.8 cm³/mol. The SMILES string of the molecule is Cl.NC1CCC(C(=O)N2CCSCC2c2ccccc2)C1. The smallest absolute Gasteiger partial charge is 0.226 e. The van der Waals surface area contributed by atoms with Crippen molar-refractivity contribution in [2.75, 3.05) is 18.1 Å². The van der Waals surface area contributed by atoms with E-state index < -0.39 is 0 Å². The fourth-order valence-electron chi connectivity index (χ4n) is 3.29. The molecule has 2 fully saturated rings. The molecule has 21 heavy (non-hydrogen) atoms. The number of thioether (sulfide) groups is 1. The van der Waals surface area contributed by atoms with Crippen LogP contribution in [-0.2, 0) is 4.79 Å². The molecule has 1 aliphatic carbocycles. The molecule has 2 aliphatic rings. The minimum Gasteiger partial charge on any atom is -0.334 e. The summed E-state index contributed by atoms with van der Waals surface area (Å²) >= 11 is 1.94. The minimum absolute atomic E-state index is 0. The fraction of sp³-hybridized carbons (Fsp3) is 0.562. The van der Waals surface area contributed by atoms with E-state index in [-0.39, 0.29) is 30.4 Å². The molecule has 1 saturated heterocycles. The Morgan fingerprint density at radius 3 is 2.67 bits per heavy atom. The first-order valence-electron chi connectivity index (χ1n) is 7.44. The molecule has 2 N–H and O–H groups in total. The highest BCUT2D eigenvalue weighted by Gasteiger charge is 2.35. The summed E-state index contributed by atoms with van der Waals surface area (Å²) in [4.78, 5) is 14.9. The average molecular weight is 327 g/mol. The van der Waals surface area contributed by atoms with Crippen LogP contribution in [0.15, 0.2) is 30.3 Å². The van der Waals surface area contributed by atoms with Crippen LogP contribution in [0.25, 0.3) is 0 Å². The lowest BCUT2D eigenvalue weighted by Gasteiger charge is -2.37. The average Bonchev–Trinajstić information content (AvgIpc) is 2.94. The first kappa shape index (κ1) is 16.7. The zero-order valence-electron chi connectivity index (χ0n) is 12.1. The number of rotatable bonds is 2. The van der Waals surface area contributed by atoms with Crippen molar-refractivity contribution >= 4 is 30.1 Å². The number of nitrogens with two attached hydrogens (primary N) is 1. The van der Waals surface area contributed by atoms with E-state index in [9.17, 15) is 4.79 Å². The first-order chi connectivity index (χ1) is 9.75. The van der Waals surface area contributed by atoms with Crippen molar-refractivity contribution in [1.29, 1.82) is 0 Å². The lowest BCUT2D eigenvalue weighted by Crippen LogP contribution is -2.43. The molecule has 0 bridgehead atoms. The van der Waals surface area contributed by atoms with Crippen molar-refractivity contribution in [2.45, 2.75) is 31.3 Å². The van der Waals surface area contributed by atoms with Crippen molar-refractivity contribution in [3.63, 3.8) is 0 Å². The van der Waals surface area contributed by atoms with Crippen LogP contribution in [-0.4, -0.2) is 34.9 Å². The van der Waals surface area contributed by atoms with Crippen LogP contribution in [0.2, 0.25) is 0 Å². The molecule has 5 heteroatoms. The van der Waals surface area contributed by atoms with Gasteiger partial charge >= 0.3 is 0 Å². The Kier molecular flexibility index (Phi) is 5.97. The van der Waals surface area contributed by atoms with Gasteiger partial charge < -0.3 is 10.6 Å². The third-order valence-corrected chi connectivity index (χ3v) is 5.44. The van der Waals surface area contributed by atoms with Gasteiger partial charge in [0, 0.05) is 30.0 Å². The molecule has 3 nitrogen and oxygen atoms in total. The highest BCUT2D eigenvalue weighted by molar-refractivity contribution is 7.99. The summed E-state index contributed by atoms with van der Waals surface area (Å²) in [6.45, 7) is 0.870. The Balaban J connectivity index is 0.00000161. The number of hydrogen-bond acceptors (Lipinski definition) is 3. The molecule has 3 atom stereocenters. The summed E-state index contributed by atoms with van der Waals surface area (Å²) in [5.41, 5.74) is 7.22. The standard InChI is InChI=1S/C16H22N2OS.ClH/c17-14-7-6-13(10-14)16(19)18-8-9-20-11-15(18)12-4-2-1-3-5-12;/h1-5,13-15H,6-11,17H2;1H. The third kappa shape index (κ3) is 3.74.